The van der Waals surface area contributed by atoms with Crippen LogP contribution < -0.4 is 10.2 Å². The summed E-state index contributed by atoms with van der Waals surface area (Å²) >= 11 is 0. The van der Waals surface area contributed by atoms with E-state index >= 15 is 0 Å². The molecule has 2 fully saturated rings. The summed E-state index contributed by atoms with van der Waals surface area (Å²) in [5, 5.41) is 28.9. The van der Waals surface area contributed by atoms with Crippen LogP contribution in [0.3, 0.4) is 0 Å². The molecule has 0 atom stereocenters. The topological polar surface area (TPSA) is 93.6 Å². The van der Waals surface area contributed by atoms with E-state index < -0.39 is 6.03 Å². The summed E-state index contributed by atoms with van der Waals surface area (Å²) in [6.07, 6.45) is 12.1. The number of hydrogen-bond acceptors (Lipinski definition) is 5. The lowest BCUT2D eigenvalue weighted by atomic mass is 9.93. The Balaban J connectivity index is 1.63. The Morgan fingerprint density at radius 2 is 1.97 bits per heavy atom. The van der Waals surface area contributed by atoms with Gasteiger partial charge < -0.3 is 15.2 Å². The molecule has 1 aromatic carbocycles. The molecule has 0 spiro atoms. The van der Waals surface area contributed by atoms with E-state index in [1.54, 1.807) is 18.2 Å². The summed E-state index contributed by atoms with van der Waals surface area (Å²) < 4.78 is 2.69. The van der Waals surface area contributed by atoms with Crippen LogP contribution in [0.1, 0.15) is 44.6 Å². The number of amides is 2. The number of benzene rings is 1. The lowest BCUT2D eigenvalue weighted by molar-refractivity contribution is -0.697. The van der Waals surface area contributed by atoms with Crippen molar-refractivity contribution in [2.75, 3.05) is 24.3 Å². The molecule has 0 radical (unpaired) electrons. The number of rotatable bonds is 6. The van der Waals surface area contributed by atoms with E-state index in [1.165, 1.54) is 0 Å². The van der Waals surface area contributed by atoms with Crippen LogP contribution in [-0.2, 0) is 0 Å². The average molecular weight is 439 g/mol. The second-order valence-electron chi connectivity index (χ2n) is 8.93. The Bertz CT molecular complexity index is 1070. The predicted molar refractivity (Wildman–Crippen MR) is 126 cm³/mol. The maximum atomic E-state index is 12.9. The zero-order chi connectivity index (χ0) is 22.8. The van der Waals surface area contributed by atoms with Crippen molar-refractivity contribution in [2.24, 2.45) is 5.92 Å². The van der Waals surface area contributed by atoms with Gasteiger partial charge in [-0.15, -0.1) is 0 Å². The monoisotopic (exact) mass is 438 g/mol. The highest BCUT2D eigenvalue weighted by atomic mass is 16.5. The van der Waals surface area contributed by atoms with Crippen molar-refractivity contribution in [1.82, 2.24) is 9.78 Å². The number of hydrogen-bond donors (Lipinski definition) is 3. The first-order chi connectivity index (χ1) is 15.4. The first-order valence-corrected chi connectivity index (χ1v) is 11.2. The van der Waals surface area contributed by atoms with Crippen molar-refractivity contribution in [3.05, 3.63) is 43.1 Å². The first kappa shape index (κ1) is 22.1. The summed E-state index contributed by atoms with van der Waals surface area (Å²) in [7, 11) is 3.81. The van der Waals surface area contributed by atoms with Crippen molar-refractivity contribution >= 4 is 34.0 Å². The normalized spacial score (nSPS) is 22.1. The average Bonchev–Trinajstić information content (AvgIpc) is 3.52. The highest BCUT2D eigenvalue weighted by Crippen LogP contribution is 2.34. The molecule has 3 N–H and O–H groups in total. The number of nitrogens with one attached hydrogen (secondary N) is 1. The van der Waals surface area contributed by atoms with Crippen LogP contribution in [0.4, 0.5) is 16.2 Å². The van der Waals surface area contributed by atoms with Gasteiger partial charge in [0.05, 0.1) is 23.3 Å². The fraction of sp³-hybridized carbons (Fsp3) is 0.458. The number of anilines is 2. The van der Waals surface area contributed by atoms with Crippen molar-refractivity contribution in [2.45, 2.75) is 50.7 Å². The summed E-state index contributed by atoms with van der Waals surface area (Å²) in [6, 6.07) is 3.52. The predicted octanol–water partition coefficient (Wildman–Crippen LogP) is 4.11. The maximum absolute atomic E-state index is 12.9. The van der Waals surface area contributed by atoms with E-state index in [0.717, 1.165) is 55.1 Å². The standard InChI is InChI=1S/C24H31N5O3/c1-4-5-6-22(16-7-8-16)29(32)24(31)25-21-13-17-15-28(18-9-11-19(30)12-10-18)26-20(17)14-23(21)27(2)3/h4-6,13-16,18-19,30H,1,7-12H2,2-3H3,(H-,25,31,32)/p+1/b6-5-,29-22-. The number of urea groups is 1. The molecule has 1 heterocycles. The molecule has 8 nitrogen and oxygen atoms in total. The molecule has 2 amide bonds. The van der Waals surface area contributed by atoms with E-state index in [9.17, 15) is 15.1 Å². The zero-order valence-corrected chi connectivity index (χ0v) is 18.7. The molecule has 1 aromatic heterocycles. The van der Waals surface area contributed by atoms with Gasteiger partial charge in [-0.2, -0.15) is 15.2 Å². The Hall–Kier alpha value is -3.13. The van der Waals surface area contributed by atoms with E-state index in [-0.39, 0.29) is 18.1 Å². The fourth-order valence-electron chi connectivity index (χ4n) is 4.27. The lowest BCUT2D eigenvalue weighted by Crippen LogP contribution is -2.30. The summed E-state index contributed by atoms with van der Waals surface area (Å²) in [4.78, 5) is 14.8. The molecule has 4 rings (SSSR count). The molecular weight excluding hydrogens is 406 g/mol. The second kappa shape index (κ2) is 9.16. The SMILES string of the molecule is C=C/C=C\C(C1CC1)=[N+](\O)C(=O)Nc1cc2cn(C3CCC(O)CC3)nc2cc1N(C)C. The summed E-state index contributed by atoms with van der Waals surface area (Å²) in [5.74, 6) is 0.185. The number of allylic oxidation sites excluding steroid dienone is 3. The fourth-order valence-corrected chi connectivity index (χ4v) is 4.27. The van der Waals surface area contributed by atoms with Gasteiger partial charge >= 0.3 is 6.03 Å². The van der Waals surface area contributed by atoms with Crippen molar-refractivity contribution in [3.8, 4) is 0 Å². The molecule has 0 bridgehead atoms. The van der Waals surface area contributed by atoms with Crippen molar-refractivity contribution in [3.63, 3.8) is 0 Å². The van der Waals surface area contributed by atoms with Crippen LogP contribution in [0.2, 0.25) is 0 Å². The Kier molecular flexibility index (Phi) is 6.32. The lowest BCUT2D eigenvalue weighted by Gasteiger charge is -2.25. The minimum absolute atomic E-state index is 0.185. The van der Waals surface area contributed by atoms with Gasteiger partial charge in [0.25, 0.3) is 0 Å². The number of aromatic nitrogens is 2. The Labute approximate surface area is 188 Å². The molecule has 170 valence electrons. The Morgan fingerprint density at radius 1 is 1.25 bits per heavy atom. The number of carbonyl (C=O) groups excluding carboxylic acids is 1. The van der Waals surface area contributed by atoms with Gasteiger partial charge in [0.15, 0.2) is 11.4 Å². The summed E-state index contributed by atoms with van der Waals surface area (Å²) in [5.41, 5.74) is 2.83. The minimum Gasteiger partial charge on any atom is -0.393 e. The number of carbonyl (C=O) groups is 1. The Morgan fingerprint density at radius 3 is 2.59 bits per heavy atom. The molecule has 2 aliphatic carbocycles. The third-order valence-electron chi connectivity index (χ3n) is 6.24. The molecule has 8 heteroatoms. The molecule has 0 aliphatic heterocycles. The molecule has 2 saturated carbocycles. The van der Waals surface area contributed by atoms with E-state index in [2.05, 4.69) is 11.9 Å². The van der Waals surface area contributed by atoms with Crippen molar-refractivity contribution in [1.29, 1.82) is 0 Å². The zero-order valence-electron chi connectivity index (χ0n) is 18.7. The molecule has 0 unspecified atom stereocenters. The van der Waals surface area contributed by atoms with Gasteiger partial charge in [-0.1, -0.05) is 18.7 Å². The third kappa shape index (κ3) is 4.70. The highest BCUT2D eigenvalue weighted by Gasteiger charge is 2.34. The number of fused-ring (bicyclic) bond motifs is 1. The second-order valence-corrected chi connectivity index (χ2v) is 8.93. The minimum atomic E-state index is -0.600. The molecule has 0 saturated heterocycles. The van der Waals surface area contributed by atoms with Crippen LogP contribution in [0, 0.1) is 5.92 Å². The smallest absolute Gasteiger partial charge is 0.393 e. The van der Waals surface area contributed by atoms with Crippen LogP contribution in [0.15, 0.2) is 43.1 Å². The molecule has 2 aliphatic rings. The van der Waals surface area contributed by atoms with Gasteiger partial charge in [-0.05, 0) is 61.5 Å². The van der Waals surface area contributed by atoms with Gasteiger partial charge in [-0.3, -0.25) is 4.68 Å². The van der Waals surface area contributed by atoms with Gasteiger partial charge in [0.1, 0.15) is 0 Å². The third-order valence-corrected chi connectivity index (χ3v) is 6.24. The van der Waals surface area contributed by atoms with E-state index in [1.807, 2.05) is 42.0 Å². The van der Waals surface area contributed by atoms with Crippen LogP contribution in [0.5, 0.6) is 0 Å². The number of aliphatic hydroxyl groups is 1. The van der Waals surface area contributed by atoms with Gasteiger partial charge in [0.2, 0.25) is 0 Å². The number of hydroxylamine groups is 1. The van der Waals surface area contributed by atoms with Crippen LogP contribution in [0.25, 0.3) is 10.9 Å². The molecule has 32 heavy (non-hydrogen) atoms. The highest BCUT2D eigenvalue weighted by molar-refractivity contribution is 6.01. The number of aliphatic hydroxyl groups excluding tert-OH is 1. The van der Waals surface area contributed by atoms with Crippen molar-refractivity contribution < 1.29 is 19.8 Å². The van der Waals surface area contributed by atoms with Gasteiger partial charge in [-0.25, -0.2) is 0 Å². The van der Waals surface area contributed by atoms with Crippen LogP contribution in [-0.4, -0.2) is 56.8 Å². The largest absolute Gasteiger partial charge is 0.535 e. The maximum Gasteiger partial charge on any atom is 0.535 e. The van der Waals surface area contributed by atoms with Crippen LogP contribution >= 0.6 is 0 Å². The first-order valence-electron chi connectivity index (χ1n) is 11.2. The molecule has 2 aromatic rings. The van der Waals surface area contributed by atoms with E-state index in [4.69, 9.17) is 5.10 Å². The van der Waals surface area contributed by atoms with Gasteiger partial charge in [0, 0.05) is 31.6 Å². The van der Waals surface area contributed by atoms with E-state index in [0.29, 0.717) is 16.1 Å². The molecular formula is C24H32N5O3+. The summed E-state index contributed by atoms with van der Waals surface area (Å²) in [6.45, 7) is 3.66. The number of nitrogens with zero attached hydrogens (tertiary/aromatic N) is 4. The quantitative estimate of drug-likeness (QED) is 0.158.